The Morgan fingerprint density at radius 3 is 2.41 bits per heavy atom. The Kier molecular flexibility index (Phi) is 10.1. The number of rotatable bonds is 10. The largest absolute Gasteiger partial charge is 0.435 e. The minimum atomic E-state index is -5.14. The summed E-state index contributed by atoms with van der Waals surface area (Å²) >= 11 is 6.56. The van der Waals surface area contributed by atoms with Crippen molar-refractivity contribution in [3.63, 3.8) is 0 Å². The number of alkyl halides is 5. The topological polar surface area (TPSA) is 144 Å². The zero-order valence-electron chi connectivity index (χ0n) is 30.5. The van der Waals surface area contributed by atoms with Gasteiger partial charge in [-0.2, -0.15) is 32.1 Å². The van der Waals surface area contributed by atoms with Crippen LogP contribution in [0.3, 0.4) is 0 Å². The van der Waals surface area contributed by atoms with Crippen LogP contribution in [0.2, 0.25) is 5.02 Å². The number of nitrogens with zero attached hydrogens (tertiary/aromatic N) is 5. The summed E-state index contributed by atoms with van der Waals surface area (Å²) in [7, 11) is -2.36. The Morgan fingerprint density at radius 1 is 1.10 bits per heavy atom. The van der Waals surface area contributed by atoms with Crippen LogP contribution in [0.4, 0.5) is 36.6 Å². The summed E-state index contributed by atoms with van der Waals surface area (Å²) in [6.45, 7) is 4.04. The highest BCUT2D eigenvalue weighted by molar-refractivity contribution is 7.92. The highest BCUT2D eigenvalue weighted by Gasteiger charge is 2.71. The van der Waals surface area contributed by atoms with Crippen molar-refractivity contribution >= 4 is 44.3 Å². The molecule has 58 heavy (non-hydrogen) atoms. The maximum atomic E-state index is 15.6. The molecule has 304 valence electrons. The van der Waals surface area contributed by atoms with Crippen LogP contribution in [0.5, 0.6) is 0 Å². The molecule has 1 saturated carbocycles. The molecule has 7 rings (SSSR count). The quantitative estimate of drug-likeness (QED) is 0.0802. The summed E-state index contributed by atoms with van der Waals surface area (Å²) < 4.78 is 131. The molecule has 1 fully saturated rings. The van der Waals surface area contributed by atoms with Gasteiger partial charge in [-0.1, -0.05) is 42.7 Å². The molecule has 0 spiro atoms. The molecular formula is C38H31ClF7N7O4S. The van der Waals surface area contributed by atoms with Crippen molar-refractivity contribution in [2.24, 2.45) is 13.0 Å². The van der Waals surface area contributed by atoms with E-state index in [1.807, 2.05) is 0 Å². The first-order chi connectivity index (χ1) is 27.1. The van der Waals surface area contributed by atoms with Crippen molar-refractivity contribution in [3.05, 3.63) is 105 Å². The number of hydrogen-bond donors (Lipinski definition) is 3. The van der Waals surface area contributed by atoms with E-state index in [9.17, 15) is 40.3 Å². The molecule has 2 aliphatic carbocycles. The molecule has 0 aliphatic heterocycles. The van der Waals surface area contributed by atoms with E-state index in [2.05, 4.69) is 43.6 Å². The van der Waals surface area contributed by atoms with E-state index in [0.717, 1.165) is 18.4 Å². The summed E-state index contributed by atoms with van der Waals surface area (Å²) in [4.78, 5) is 18.6. The van der Waals surface area contributed by atoms with E-state index in [1.54, 1.807) is 6.92 Å². The van der Waals surface area contributed by atoms with Gasteiger partial charge < -0.3 is 10.4 Å². The van der Waals surface area contributed by atoms with Crippen molar-refractivity contribution in [1.82, 2.24) is 29.9 Å². The number of fused-ring (bicyclic) bond motifs is 4. The average molecular weight is 850 g/mol. The molecule has 1 unspecified atom stereocenters. The number of nitrogens with one attached hydrogen (secondary N) is 2. The zero-order chi connectivity index (χ0) is 42.2. The number of halogens is 8. The number of aliphatic hydroxyl groups excluding tert-OH is 1. The highest BCUT2D eigenvalue weighted by atomic mass is 35.5. The summed E-state index contributed by atoms with van der Waals surface area (Å²) in [6.07, 6.45) is -5.44. The Labute approximate surface area is 330 Å². The first kappa shape index (κ1) is 40.7. The van der Waals surface area contributed by atoms with Crippen molar-refractivity contribution < 1.29 is 49.1 Å². The van der Waals surface area contributed by atoms with Gasteiger partial charge in [0.2, 0.25) is 15.9 Å². The number of pyridine rings is 1. The fraction of sp³-hybridized carbons (Fsp3) is 0.316. The van der Waals surface area contributed by atoms with Gasteiger partial charge in [0.05, 0.1) is 39.8 Å². The fourth-order valence-electron chi connectivity index (χ4n) is 7.40. The van der Waals surface area contributed by atoms with E-state index < -0.39 is 93.6 Å². The number of aliphatic hydroxyl groups is 1. The number of anilines is 1. The normalized spacial score (nSPS) is 18.0. The molecule has 0 radical (unpaired) electrons. The first-order valence-corrected chi connectivity index (χ1v) is 19.7. The lowest BCUT2D eigenvalue weighted by Crippen LogP contribution is -2.35. The zero-order valence-corrected chi connectivity index (χ0v) is 32.1. The highest BCUT2D eigenvalue weighted by Crippen LogP contribution is 2.71. The standard InChI is InChI=1S/C38H31ClF7N7O4S/c1-5-22(54)8-6-21-7-9-23(24-10-11-25(39)29-33(24)52(3)50-36(29)51-58(4,56)57)32(47-21)26(14-18-12-19(40)15-20(41)13-18)48-27(55)16-53-35-30(34(49-53)38(44,45)46)28-17(2)31(28)37(35,42)43/h7,9-13,15,22,26,28,31,54H,2,5,14,16H2,1,3-4H3,(H,48,55)(H,50,51)/t22?,26-,28+,31+/m0/s1. The van der Waals surface area contributed by atoms with E-state index in [4.69, 9.17) is 11.6 Å². The average Bonchev–Trinajstić information content (AvgIpc) is 3.34. The molecule has 0 saturated heterocycles. The molecule has 2 aromatic carbocycles. The van der Waals surface area contributed by atoms with Crippen LogP contribution in [0.1, 0.15) is 59.2 Å². The number of carbonyl (C=O) groups is 1. The van der Waals surface area contributed by atoms with Crippen molar-refractivity contribution in [2.75, 3.05) is 11.0 Å². The fourth-order valence-corrected chi connectivity index (χ4v) is 8.13. The minimum Gasteiger partial charge on any atom is -0.380 e. The van der Waals surface area contributed by atoms with Crippen LogP contribution < -0.4 is 10.0 Å². The Hall–Kier alpha value is -5.45. The summed E-state index contributed by atoms with van der Waals surface area (Å²) in [6, 6.07) is 7.12. The van der Waals surface area contributed by atoms with Gasteiger partial charge >= 0.3 is 6.18 Å². The molecular weight excluding hydrogens is 819 g/mol. The molecule has 0 bridgehead atoms. The third-order valence-corrected chi connectivity index (χ3v) is 10.7. The molecule has 3 N–H and O–H groups in total. The van der Waals surface area contributed by atoms with E-state index in [0.29, 0.717) is 16.3 Å². The van der Waals surface area contributed by atoms with Crippen LogP contribution in [0.15, 0.2) is 54.6 Å². The number of allylic oxidation sites excluding steroid dienone is 1. The second kappa shape index (κ2) is 14.4. The second-order valence-corrected chi connectivity index (χ2v) is 16.2. The summed E-state index contributed by atoms with van der Waals surface area (Å²) in [5.74, 6) is -4.53. The Bertz CT molecular complexity index is 2700. The van der Waals surface area contributed by atoms with Crippen LogP contribution >= 0.6 is 11.6 Å². The van der Waals surface area contributed by atoms with Gasteiger partial charge in [-0.25, -0.2) is 22.2 Å². The van der Waals surface area contributed by atoms with Crippen LogP contribution in [-0.4, -0.2) is 56.3 Å². The number of amides is 1. The van der Waals surface area contributed by atoms with Crippen LogP contribution in [0.25, 0.3) is 22.0 Å². The minimum absolute atomic E-state index is 0.0145. The maximum Gasteiger partial charge on any atom is 0.435 e. The smallest absolute Gasteiger partial charge is 0.380 e. The molecule has 4 atom stereocenters. The van der Waals surface area contributed by atoms with E-state index in [-0.39, 0.29) is 56.3 Å². The van der Waals surface area contributed by atoms with Crippen molar-refractivity contribution in [2.45, 2.75) is 56.5 Å². The predicted molar refractivity (Wildman–Crippen MR) is 198 cm³/mol. The van der Waals surface area contributed by atoms with Gasteiger partial charge in [0.1, 0.15) is 35.7 Å². The van der Waals surface area contributed by atoms with Gasteiger partial charge in [0, 0.05) is 35.7 Å². The lowest BCUT2D eigenvalue weighted by atomic mass is 9.93. The van der Waals surface area contributed by atoms with Crippen molar-refractivity contribution in [1.29, 1.82) is 0 Å². The maximum absolute atomic E-state index is 15.6. The Morgan fingerprint density at radius 2 is 1.78 bits per heavy atom. The first-order valence-electron chi connectivity index (χ1n) is 17.4. The SMILES string of the molecule is C=C1[C@@H]2c3c(C(F)(F)F)nn(CC(=O)N[C@@H](Cc4cc(F)cc(F)c4)c4nc(C#CC(O)CC)ccc4-c4ccc(Cl)c5c(NS(C)(=O)=O)nn(C)c45)c3C(F)(F)[C@H]12. The molecule has 3 heterocycles. The Balaban J connectivity index is 1.39. The molecule has 3 aromatic heterocycles. The number of hydrogen-bond acceptors (Lipinski definition) is 7. The third-order valence-electron chi connectivity index (χ3n) is 9.81. The predicted octanol–water partition coefficient (Wildman–Crippen LogP) is 6.75. The molecule has 11 nitrogen and oxygen atoms in total. The number of aromatic nitrogens is 5. The van der Waals surface area contributed by atoms with E-state index >= 15 is 8.78 Å². The number of aryl methyl sites for hydroxylation is 1. The van der Waals surface area contributed by atoms with Gasteiger partial charge in [-0.15, -0.1) is 0 Å². The lowest BCUT2D eigenvalue weighted by Gasteiger charge is -2.23. The van der Waals surface area contributed by atoms with Gasteiger partial charge in [0.15, 0.2) is 11.5 Å². The van der Waals surface area contributed by atoms with Gasteiger partial charge in [-0.3, -0.25) is 18.9 Å². The third kappa shape index (κ3) is 7.51. The number of benzene rings is 2. The molecule has 5 aromatic rings. The van der Waals surface area contributed by atoms with E-state index in [1.165, 1.54) is 36.0 Å². The van der Waals surface area contributed by atoms with Gasteiger partial charge in [0.25, 0.3) is 5.92 Å². The van der Waals surface area contributed by atoms with Gasteiger partial charge in [-0.05, 0) is 54.7 Å². The molecule has 2 aliphatic rings. The monoisotopic (exact) mass is 849 g/mol. The van der Waals surface area contributed by atoms with Crippen molar-refractivity contribution in [3.8, 4) is 23.0 Å². The summed E-state index contributed by atoms with van der Waals surface area (Å²) in [5.41, 5.74) is -2.69. The molecule has 1 amide bonds. The number of sulfonamides is 1. The lowest BCUT2D eigenvalue weighted by molar-refractivity contribution is -0.142. The van der Waals surface area contributed by atoms with Crippen LogP contribution in [0, 0.1) is 29.4 Å². The number of carbonyl (C=O) groups excluding carboxylic acids is 1. The second-order valence-electron chi connectivity index (χ2n) is 14.0. The molecule has 20 heteroatoms. The summed E-state index contributed by atoms with van der Waals surface area (Å²) in [5, 5.41) is 20.7. The van der Waals surface area contributed by atoms with Crippen LogP contribution in [-0.2, 0) is 46.9 Å².